The van der Waals surface area contributed by atoms with Crippen LogP contribution in [0.3, 0.4) is 0 Å². The lowest BCUT2D eigenvalue weighted by Crippen LogP contribution is -2.38. The van der Waals surface area contributed by atoms with E-state index in [-0.39, 0.29) is 17.1 Å². The maximum absolute atomic E-state index is 13.7. The molecule has 1 unspecified atom stereocenters. The first kappa shape index (κ1) is 25.1. The third kappa shape index (κ3) is 4.76. The number of fused-ring (bicyclic) bond motifs is 1. The molecule has 1 aliphatic heterocycles. The summed E-state index contributed by atoms with van der Waals surface area (Å²) in [6.07, 6.45) is 1.10. The summed E-state index contributed by atoms with van der Waals surface area (Å²) in [6.45, 7) is 5.73. The number of halogens is 1. The van der Waals surface area contributed by atoms with Crippen molar-refractivity contribution in [3.63, 3.8) is 0 Å². The number of Topliss-reactive ketones (excluding diaryl/α,β-unsaturated/α-hetero) is 1. The monoisotopic (exact) mass is 560 g/mol. The SMILES string of the molecule is COc1ccc(C2C3=C(CC(C)(C)CC3=O)Nc3ccccc3N2C(C)=O)cc1Oc1ccccc1Br. The summed E-state index contributed by atoms with van der Waals surface area (Å²) in [5, 5.41) is 3.52. The molecule has 0 aromatic heterocycles. The van der Waals surface area contributed by atoms with Gasteiger partial charge in [0.1, 0.15) is 5.75 Å². The van der Waals surface area contributed by atoms with Gasteiger partial charge in [-0.15, -0.1) is 0 Å². The Hall–Kier alpha value is -3.58. The lowest BCUT2D eigenvalue weighted by molar-refractivity contribution is -0.118. The van der Waals surface area contributed by atoms with E-state index in [4.69, 9.17) is 9.47 Å². The number of nitrogens with one attached hydrogen (secondary N) is 1. The summed E-state index contributed by atoms with van der Waals surface area (Å²) in [5.41, 5.74) is 3.56. The van der Waals surface area contributed by atoms with Crippen LogP contribution >= 0.6 is 15.9 Å². The number of methoxy groups -OCH3 is 1. The maximum atomic E-state index is 13.7. The molecule has 37 heavy (non-hydrogen) atoms. The van der Waals surface area contributed by atoms with E-state index in [0.717, 1.165) is 27.1 Å². The van der Waals surface area contributed by atoms with E-state index in [2.05, 4.69) is 35.1 Å². The fourth-order valence-corrected chi connectivity index (χ4v) is 5.61. The van der Waals surface area contributed by atoms with E-state index in [1.165, 1.54) is 6.92 Å². The van der Waals surface area contributed by atoms with E-state index < -0.39 is 6.04 Å². The van der Waals surface area contributed by atoms with Crippen LogP contribution in [0, 0.1) is 5.41 Å². The van der Waals surface area contributed by atoms with E-state index in [0.29, 0.717) is 35.7 Å². The zero-order chi connectivity index (χ0) is 26.3. The summed E-state index contributed by atoms with van der Waals surface area (Å²) in [5.74, 6) is 1.55. The lowest BCUT2D eigenvalue weighted by atomic mass is 9.73. The van der Waals surface area contributed by atoms with Gasteiger partial charge in [-0.05, 0) is 69.7 Å². The van der Waals surface area contributed by atoms with Gasteiger partial charge in [-0.3, -0.25) is 14.5 Å². The van der Waals surface area contributed by atoms with E-state index in [1.807, 2.05) is 66.7 Å². The number of benzene rings is 3. The number of amides is 1. The summed E-state index contributed by atoms with van der Waals surface area (Å²) < 4.78 is 12.7. The fourth-order valence-electron chi connectivity index (χ4n) is 5.24. The molecular weight excluding hydrogens is 532 g/mol. The first-order chi connectivity index (χ1) is 17.7. The van der Waals surface area contributed by atoms with Crippen LogP contribution in [-0.2, 0) is 9.59 Å². The van der Waals surface area contributed by atoms with Crippen LogP contribution < -0.4 is 19.7 Å². The standard InChI is InChI=1S/C30H29BrN2O4/c1-18(34)33-23-11-7-6-10-21(23)32-22-16-30(2,3)17-24(35)28(22)29(33)19-13-14-26(36-4)27(15-19)37-25-12-8-5-9-20(25)31/h5-15,29,32H,16-17H2,1-4H3. The average Bonchev–Trinajstić information content (AvgIpc) is 2.99. The molecule has 0 fully saturated rings. The molecule has 0 radical (unpaired) electrons. The van der Waals surface area contributed by atoms with Crippen LogP contribution in [0.1, 0.15) is 45.2 Å². The highest BCUT2D eigenvalue weighted by molar-refractivity contribution is 9.10. The Kier molecular flexibility index (Phi) is 6.58. The topological polar surface area (TPSA) is 67.9 Å². The highest BCUT2D eigenvalue weighted by Gasteiger charge is 2.42. The molecule has 1 atom stereocenters. The summed E-state index contributed by atoms with van der Waals surface area (Å²) >= 11 is 3.54. The number of rotatable bonds is 4. The Morgan fingerprint density at radius 3 is 2.46 bits per heavy atom. The first-order valence-corrected chi connectivity index (χ1v) is 13.0. The van der Waals surface area contributed by atoms with Crippen molar-refractivity contribution in [2.75, 3.05) is 17.3 Å². The molecule has 5 rings (SSSR count). The van der Waals surface area contributed by atoms with E-state index in [9.17, 15) is 9.59 Å². The average molecular weight is 561 g/mol. The van der Waals surface area contributed by atoms with Crippen molar-refractivity contribution in [3.8, 4) is 17.2 Å². The number of hydrogen-bond acceptors (Lipinski definition) is 5. The van der Waals surface area contributed by atoms with Crippen LogP contribution in [0.4, 0.5) is 11.4 Å². The maximum Gasteiger partial charge on any atom is 0.224 e. The molecule has 1 amide bonds. The number of hydrogen-bond donors (Lipinski definition) is 1. The molecule has 2 aliphatic rings. The summed E-state index contributed by atoms with van der Waals surface area (Å²) in [7, 11) is 1.59. The number of ketones is 1. The van der Waals surface area contributed by atoms with Gasteiger partial charge in [0, 0.05) is 24.6 Å². The molecule has 0 saturated heterocycles. The van der Waals surface area contributed by atoms with Gasteiger partial charge in [0.25, 0.3) is 0 Å². The highest BCUT2D eigenvalue weighted by Crippen LogP contribution is 2.49. The minimum Gasteiger partial charge on any atom is -0.493 e. The zero-order valence-electron chi connectivity index (χ0n) is 21.3. The van der Waals surface area contributed by atoms with Crippen LogP contribution in [0.15, 0.2) is 82.5 Å². The summed E-state index contributed by atoms with van der Waals surface area (Å²) in [4.78, 5) is 28.7. The molecule has 0 spiro atoms. The molecule has 3 aromatic carbocycles. The van der Waals surface area contributed by atoms with Gasteiger partial charge in [-0.25, -0.2) is 0 Å². The zero-order valence-corrected chi connectivity index (χ0v) is 22.9. The number of carbonyl (C=O) groups is 2. The largest absolute Gasteiger partial charge is 0.493 e. The van der Waals surface area contributed by atoms with Crippen LogP contribution in [0.5, 0.6) is 17.2 Å². The normalized spacial score (nSPS) is 18.4. The van der Waals surface area contributed by atoms with Crippen molar-refractivity contribution >= 4 is 39.0 Å². The Morgan fingerprint density at radius 2 is 1.73 bits per heavy atom. The van der Waals surface area contributed by atoms with E-state index in [1.54, 1.807) is 12.0 Å². The molecule has 0 saturated carbocycles. The van der Waals surface area contributed by atoms with Gasteiger partial charge in [0.2, 0.25) is 5.91 Å². The second kappa shape index (κ2) is 9.71. The fraction of sp³-hybridized carbons (Fsp3) is 0.267. The molecule has 1 heterocycles. The number of para-hydroxylation sites is 3. The number of carbonyl (C=O) groups excluding carboxylic acids is 2. The summed E-state index contributed by atoms with van der Waals surface area (Å²) in [6, 6.07) is 20.2. The van der Waals surface area contributed by atoms with Crippen LogP contribution in [-0.4, -0.2) is 18.8 Å². The van der Waals surface area contributed by atoms with Crippen molar-refractivity contribution < 1.29 is 19.1 Å². The first-order valence-electron chi connectivity index (χ1n) is 12.2. The molecule has 1 N–H and O–H groups in total. The van der Waals surface area contributed by atoms with Gasteiger partial charge in [-0.2, -0.15) is 0 Å². The molecule has 0 bridgehead atoms. The van der Waals surface area contributed by atoms with Crippen molar-refractivity contribution in [3.05, 3.63) is 88.0 Å². The second-order valence-corrected chi connectivity index (χ2v) is 11.1. The van der Waals surface area contributed by atoms with Gasteiger partial charge in [0.05, 0.1) is 29.0 Å². The van der Waals surface area contributed by atoms with Crippen molar-refractivity contribution in [1.82, 2.24) is 0 Å². The van der Waals surface area contributed by atoms with Crippen LogP contribution in [0.2, 0.25) is 0 Å². The van der Waals surface area contributed by atoms with Crippen LogP contribution in [0.25, 0.3) is 0 Å². The number of nitrogens with zero attached hydrogens (tertiary/aromatic N) is 1. The molecule has 6 nitrogen and oxygen atoms in total. The molecule has 3 aromatic rings. The van der Waals surface area contributed by atoms with Gasteiger partial charge in [-0.1, -0.05) is 44.2 Å². The molecule has 190 valence electrons. The molecular formula is C30H29BrN2O4. The van der Waals surface area contributed by atoms with E-state index >= 15 is 0 Å². The predicted molar refractivity (Wildman–Crippen MR) is 148 cm³/mol. The Bertz CT molecular complexity index is 1430. The quantitative estimate of drug-likeness (QED) is 0.359. The van der Waals surface area contributed by atoms with Gasteiger partial charge < -0.3 is 14.8 Å². The van der Waals surface area contributed by atoms with Crippen molar-refractivity contribution in [2.45, 2.75) is 39.7 Å². The minimum absolute atomic E-state index is 0.0342. The predicted octanol–water partition coefficient (Wildman–Crippen LogP) is 7.41. The lowest BCUT2D eigenvalue weighted by Gasteiger charge is -2.37. The molecule has 7 heteroatoms. The number of allylic oxidation sites excluding steroid dienone is 1. The second-order valence-electron chi connectivity index (χ2n) is 10.2. The Labute approximate surface area is 225 Å². The molecule has 1 aliphatic carbocycles. The van der Waals surface area contributed by atoms with Crippen molar-refractivity contribution in [2.24, 2.45) is 5.41 Å². The Balaban J connectivity index is 1.72. The number of ether oxygens (including phenoxy) is 2. The van der Waals surface area contributed by atoms with Gasteiger partial charge >= 0.3 is 0 Å². The van der Waals surface area contributed by atoms with Crippen molar-refractivity contribution in [1.29, 1.82) is 0 Å². The Morgan fingerprint density at radius 1 is 1.00 bits per heavy atom. The minimum atomic E-state index is -0.625. The highest BCUT2D eigenvalue weighted by atomic mass is 79.9. The third-order valence-corrected chi connectivity index (χ3v) is 7.46. The third-order valence-electron chi connectivity index (χ3n) is 6.80. The smallest absolute Gasteiger partial charge is 0.224 e. The van der Waals surface area contributed by atoms with Gasteiger partial charge in [0.15, 0.2) is 17.3 Å². The number of anilines is 2.